The molecule has 5 heterocycles. The average Bonchev–Trinajstić information content (AvgIpc) is 3.85. The third kappa shape index (κ3) is 5.81. The number of carbonyl (C=O) groups excluding carboxylic acids is 1. The SMILES string of the molecule is C=CC(=O)N1CC[C@@H](Oc2nc(OC[C@@]34CCCN3C[C@H](OC)C4)nc3c(F)c(-c4ccc(F)c5sc(N)c(C#N)c45)c(C(F)(F)F)cc23)[C@H]1C. The number of hydrogen-bond donors (Lipinski definition) is 1. The molecule has 0 spiro atoms. The summed E-state index contributed by atoms with van der Waals surface area (Å²) >= 11 is 0.679. The number of alkyl halides is 3. The molecule has 3 aliphatic heterocycles. The van der Waals surface area contributed by atoms with Crippen molar-refractivity contribution in [1.82, 2.24) is 19.8 Å². The van der Waals surface area contributed by atoms with Crippen LogP contribution in [0.25, 0.3) is 32.1 Å². The van der Waals surface area contributed by atoms with Crippen LogP contribution in [0.1, 0.15) is 43.7 Å². The lowest BCUT2D eigenvalue weighted by Gasteiger charge is -2.31. The van der Waals surface area contributed by atoms with Crippen molar-refractivity contribution in [1.29, 1.82) is 5.26 Å². The van der Waals surface area contributed by atoms with Crippen LogP contribution < -0.4 is 15.2 Å². The number of amides is 1. The van der Waals surface area contributed by atoms with Crippen molar-refractivity contribution in [2.24, 2.45) is 0 Å². The Morgan fingerprint density at radius 1 is 1.27 bits per heavy atom. The Kier molecular flexibility index (Phi) is 8.79. The predicted molar refractivity (Wildman–Crippen MR) is 179 cm³/mol. The minimum absolute atomic E-state index is 0.0202. The second-order valence-corrected chi connectivity index (χ2v) is 14.2. The minimum Gasteiger partial charge on any atom is -0.471 e. The van der Waals surface area contributed by atoms with E-state index in [0.717, 1.165) is 37.6 Å². The number of anilines is 1. The fourth-order valence-electron chi connectivity index (χ4n) is 7.79. The molecular weight excluding hydrogens is 695 g/mol. The first-order chi connectivity index (χ1) is 24.3. The molecule has 3 aliphatic rings. The molecule has 0 unspecified atom stereocenters. The van der Waals surface area contributed by atoms with E-state index in [0.29, 0.717) is 43.3 Å². The van der Waals surface area contributed by atoms with Gasteiger partial charge in [-0.3, -0.25) is 9.69 Å². The number of likely N-dealkylation sites (tertiary alicyclic amines) is 1. The lowest BCUT2D eigenvalue weighted by atomic mass is 9.92. The van der Waals surface area contributed by atoms with Gasteiger partial charge in [0.2, 0.25) is 11.8 Å². The maximum Gasteiger partial charge on any atom is 0.417 e. The number of methoxy groups -OCH3 is 1. The highest BCUT2D eigenvalue weighted by molar-refractivity contribution is 7.23. The number of nitrogens with two attached hydrogens (primary N) is 1. The number of ether oxygens (including phenoxy) is 3. The van der Waals surface area contributed by atoms with Gasteiger partial charge in [0.15, 0.2) is 5.82 Å². The van der Waals surface area contributed by atoms with Crippen LogP contribution in [-0.2, 0) is 15.7 Å². The lowest BCUT2D eigenvalue weighted by Crippen LogP contribution is -2.43. The number of hydrogen-bond acceptors (Lipinski definition) is 10. The first kappa shape index (κ1) is 34.8. The lowest BCUT2D eigenvalue weighted by molar-refractivity contribution is -0.137. The Labute approximate surface area is 293 Å². The zero-order valence-electron chi connectivity index (χ0n) is 27.6. The zero-order valence-corrected chi connectivity index (χ0v) is 28.5. The topological polar surface area (TPSA) is 127 Å². The second-order valence-electron chi connectivity index (χ2n) is 13.1. The summed E-state index contributed by atoms with van der Waals surface area (Å²) < 4.78 is 94.6. The Morgan fingerprint density at radius 2 is 2.06 bits per heavy atom. The van der Waals surface area contributed by atoms with Crippen molar-refractivity contribution >= 4 is 43.2 Å². The molecule has 268 valence electrons. The number of carbonyl (C=O) groups is 1. The summed E-state index contributed by atoms with van der Waals surface area (Å²) in [5, 5.41) is 9.07. The van der Waals surface area contributed by atoms with Gasteiger partial charge in [-0.2, -0.15) is 28.4 Å². The van der Waals surface area contributed by atoms with E-state index >= 15 is 4.39 Å². The van der Waals surface area contributed by atoms with Crippen molar-refractivity contribution in [2.75, 3.05) is 39.1 Å². The van der Waals surface area contributed by atoms with Gasteiger partial charge >= 0.3 is 12.2 Å². The molecule has 4 aromatic rings. The van der Waals surface area contributed by atoms with Crippen LogP contribution in [0.4, 0.5) is 27.0 Å². The zero-order chi connectivity index (χ0) is 36.4. The van der Waals surface area contributed by atoms with E-state index in [-0.39, 0.29) is 62.1 Å². The first-order valence-corrected chi connectivity index (χ1v) is 17.1. The normalized spacial score (nSPS) is 23.6. The van der Waals surface area contributed by atoms with Gasteiger partial charge in [0.1, 0.15) is 35.1 Å². The number of nitrogen functional groups attached to an aromatic ring is 1. The molecule has 10 nitrogen and oxygen atoms in total. The molecule has 3 fully saturated rings. The summed E-state index contributed by atoms with van der Waals surface area (Å²) in [6, 6.07) is 3.56. The van der Waals surface area contributed by atoms with Gasteiger partial charge < -0.3 is 24.8 Å². The van der Waals surface area contributed by atoms with Crippen LogP contribution in [0, 0.1) is 23.0 Å². The Bertz CT molecular complexity index is 2120. The van der Waals surface area contributed by atoms with Crippen molar-refractivity contribution in [3.63, 3.8) is 0 Å². The molecule has 3 saturated heterocycles. The number of benzene rings is 2. The molecule has 1 amide bonds. The first-order valence-electron chi connectivity index (χ1n) is 16.3. The maximum atomic E-state index is 17.0. The molecule has 2 aromatic carbocycles. The monoisotopic (exact) mass is 728 g/mol. The summed E-state index contributed by atoms with van der Waals surface area (Å²) in [7, 11) is 1.64. The third-order valence-electron chi connectivity index (χ3n) is 10.4. The molecule has 7 rings (SSSR count). The second kappa shape index (κ2) is 12.9. The number of halogens is 5. The van der Waals surface area contributed by atoms with E-state index < -0.39 is 52.1 Å². The molecule has 0 aliphatic carbocycles. The molecule has 4 atom stereocenters. The number of nitrogens with zero attached hydrogens (tertiary/aromatic N) is 5. The van der Waals surface area contributed by atoms with Crippen LogP contribution in [0.3, 0.4) is 0 Å². The van der Waals surface area contributed by atoms with Crippen LogP contribution >= 0.6 is 11.3 Å². The molecule has 51 heavy (non-hydrogen) atoms. The quantitative estimate of drug-likeness (QED) is 0.161. The maximum absolute atomic E-state index is 17.0. The van der Waals surface area contributed by atoms with Crippen molar-refractivity contribution in [2.45, 2.75) is 62.6 Å². The van der Waals surface area contributed by atoms with Crippen LogP contribution in [0.2, 0.25) is 0 Å². The number of rotatable bonds is 8. The third-order valence-corrected chi connectivity index (χ3v) is 11.4. The number of aromatic nitrogens is 2. The highest BCUT2D eigenvalue weighted by Crippen LogP contribution is 2.48. The van der Waals surface area contributed by atoms with Gasteiger partial charge in [-0.15, -0.1) is 11.3 Å². The van der Waals surface area contributed by atoms with Crippen molar-refractivity contribution < 1.29 is 41.0 Å². The van der Waals surface area contributed by atoms with E-state index in [1.54, 1.807) is 14.0 Å². The number of fused-ring (bicyclic) bond motifs is 3. The van der Waals surface area contributed by atoms with Gasteiger partial charge in [0.05, 0.1) is 38.9 Å². The van der Waals surface area contributed by atoms with E-state index in [1.165, 1.54) is 4.90 Å². The summed E-state index contributed by atoms with van der Waals surface area (Å²) in [5.41, 5.74) is 2.00. The van der Waals surface area contributed by atoms with Crippen LogP contribution in [0.5, 0.6) is 11.9 Å². The summed E-state index contributed by atoms with van der Waals surface area (Å²) in [6.45, 7) is 7.18. The fourth-order valence-corrected chi connectivity index (χ4v) is 8.74. The largest absolute Gasteiger partial charge is 0.471 e. The molecule has 0 radical (unpaired) electrons. The van der Waals surface area contributed by atoms with Gasteiger partial charge in [-0.05, 0) is 56.5 Å². The smallest absolute Gasteiger partial charge is 0.417 e. The van der Waals surface area contributed by atoms with E-state index in [4.69, 9.17) is 19.9 Å². The highest BCUT2D eigenvalue weighted by atomic mass is 32.1. The summed E-state index contributed by atoms with van der Waals surface area (Å²) in [5.74, 6) is -2.93. The molecule has 16 heteroatoms. The Balaban J connectivity index is 1.41. The van der Waals surface area contributed by atoms with Gasteiger partial charge in [-0.1, -0.05) is 12.6 Å². The van der Waals surface area contributed by atoms with E-state index in [9.17, 15) is 27.6 Å². The van der Waals surface area contributed by atoms with E-state index in [1.807, 2.05) is 6.07 Å². The number of thiophene rings is 1. The highest BCUT2D eigenvalue weighted by Gasteiger charge is 2.49. The van der Waals surface area contributed by atoms with Crippen molar-refractivity contribution in [3.8, 4) is 29.1 Å². The predicted octanol–water partition coefficient (Wildman–Crippen LogP) is 6.45. The van der Waals surface area contributed by atoms with Gasteiger partial charge in [-0.25, -0.2) is 8.78 Å². The minimum atomic E-state index is -5.13. The van der Waals surface area contributed by atoms with Crippen molar-refractivity contribution in [3.05, 3.63) is 53.6 Å². The molecule has 2 aromatic heterocycles. The standard InChI is InChI=1S/C35H33F5N6O4S/c1-4-25(47)46-11-8-24(17(46)2)50-32-20-12-22(35(38,39)40)27(19-6-7-23(36)30-26(19)21(14-41)31(42)51-30)28(37)29(20)43-33(44-32)49-16-34-9-5-10-45(34)15-18(13-34)48-3/h4,6-7,12,17-18,24H,1,5,8-11,13,15-16,42H2,2-3H3/t17-,18-,24-,34+/m1/s1. The molecule has 0 saturated carbocycles. The van der Waals surface area contributed by atoms with E-state index in [2.05, 4.69) is 21.4 Å². The summed E-state index contributed by atoms with van der Waals surface area (Å²) in [6.07, 6.45) is -2.00. The molecule has 0 bridgehead atoms. The Morgan fingerprint density at radius 3 is 2.76 bits per heavy atom. The fraction of sp³-hybridized carbons (Fsp3) is 0.429. The van der Waals surface area contributed by atoms with Gasteiger partial charge in [0.25, 0.3) is 0 Å². The van der Waals surface area contributed by atoms with Gasteiger partial charge in [0, 0.05) is 37.6 Å². The molecular formula is C35H33F5N6O4S. The van der Waals surface area contributed by atoms with Crippen LogP contribution in [0.15, 0.2) is 30.9 Å². The average molecular weight is 729 g/mol. The number of nitriles is 1. The Hall–Kier alpha value is -4.59. The molecule has 2 N–H and O–H groups in total. The summed E-state index contributed by atoms with van der Waals surface area (Å²) in [4.78, 5) is 24.9. The van der Waals surface area contributed by atoms with Crippen LogP contribution in [-0.4, -0.2) is 82.8 Å².